The van der Waals surface area contributed by atoms with E-state index in [-0.39, 0.29) is 12.5 Å². The summed E-state index contributed by atoms with van der Waals surface area (Å²) in [5, 5.41) is 11.3. The van der Waals surface area contributed by atoms with Crippen LogP contribution in [0.5, 0.6) is 0 Å². The van der Waals surface area contributed by atoms with E-state index in [4.69, 9.17) is 10.8 Å². The fraction of sp³-hybridized carbons (Fsp3) is 0.700. The summed E-state index contributed by atoms with van der Waals surface area (Å²) < 4.78 is 0. The molecular formula is C10H16N2O4. The van der Waals surface area contributed by atoms with Gasteiger partial charge in [-0.25, -0.2) is 0 Å². The second-order valence-electron chi connectivity index (χ2n) is 4.02. The summed E-state index contributed by atoms with van der Waals surface area (Å²) in [6, 6.07) is 0. The van der Waals surface area contributed by atoms with Crippen molar-refractivity contribution >= 4 is 17.8 Å². The summed E-state index contributed by atoms with van der Waals surface area (Å²) in [6.07, 6.45) is 2.75. The Hall–Kier alpha value is -1.59. The molecule has 0 heterocycles. The highest BCUT2D eigenvalue weighted by Gasteiger charge is 2.35. The molecule has 0 bridgehead atoms. The van der Waals surface area contributed by atoms with Crippen LogP contribution in [0.25, 0.3) is 0 Å². The molecule has 0 aromatic rings. The molecule has 2 amide bonds. The zero-order valence-corrected chi connectivity index (χ0v) is 8.94. The van der Waals surface area contributed by atoms with Crippen LogP contribution in [0.3, 0.4) is 0 Å². The minimum Gasteiger partial charge on any atom is -0.481 e. The van der Waals surface area contributed by atoms with Crippen molar-refractivity contribution in [2.75, 3.05) is 6.54 Å². The van der Waals surface area contributed by atoms with Gasteiger partial charge in [-0.1, -0.05) is 12.8 Å². The predicted octanol–water partition coefficient (Wildman–Crippen LogP) is -0.521. The number of amides is 2. The molecule has 0 spiro atoms. The first kappa shape index (κ1) is 12.5. The van der Waals surface area contributed by atoms with Crippen LogP contribution in [-0.2, 0) is 14.4 Å². The standard InChI is InChI=1S/C10H16N2O4/c11-8(13)5-12-9(14)6-3-1-2-4-7(6)10(15)16/h6-7H,1-5H2,(H2,11,13)(H,12,14)(H,15,16). The van der Waals surface area contributed by atoms with Crippen LogP contribution in [0, 0.1) is 11.8 Å². The predicted molar refractivity (Wildman–Crippen MR) is 55.3 cm³/mol. The lowest BCUT2D eigenvalue weighted by Gasteiger charge is -2.27. The largest absolute Gasteiger partial charge is 0.481 e. The lowest BCUT2D eigenvalue weighted by atomic mass is 9.79. The van der Waals surface area contributed by atoms with Crippen molar-refractivity contribution in [3.8, 4) is 0 Å². The number of rotatable bonds is 4. The van der Waals surface area contributed by atoms with Crippen LogP contribution >= 0.6 is 0 Å². The molecule has 0 saturated heterocycles. The number of carbonyl (C=O) groups excluding carboxylic acids is 2. The summed E-state index contributed by atoms with van der Waals surface area (Å²) in [7, 11) is 0. The fourth-order valence-corrected chi connectivity index (χ4v) is 2.05. The van der Waals surface area contributed by atoms with Crippen LogP contribution in [0.4, 0.5) is 0 Å². The Kier molecular flexibility index (Phi) is 4.28. The van der Waals surface area contributed by atoms with Crippen molar-refractivity contribution in [3.63, 3.8) is 0 Å². The number of hydrogen-bond acceptors (Lipinski definition) is 3. The molecule has 0 radical (unpaired) electrons. The monoisotopic (exact) mass is 228 g/mol. The van der Waals surface area contributed by atoms with E-state index < -0.39 is 23.7 Å². The van der Waals surface area contributed by atoms with Crippen LogP contribution < -0.4 is 11.1 Å². The third-order valence-electron chi connectivity index (χ3n) is 2.86. The van der Waals surface area contributed by atoms with Gasteiger partial charge < -0.3 is 16.2 Å². The van der Waals surface area contributed by atoms with Crippen LogP contribution in [0.2, 0.25) is 0 Å². The van der Waals surface area contributed by atoms with Gasteiger partial charge in [0.1, 0.15) is 0 Å². The minimum absolute atomic E-state index is 0.234. The molecule has 1 aliphatic rings. The van der Waals surface area contributed by atoms with Crippen LogP contribution in [-0.4, -0.2) is 29.4 Å². The Morgan fingerprint density at radius 3 is 2.25 bits per heavy atom. The molecule has 90 valence electrons. The van der Waals surface area contributed by atoms with Crippen molar-refractivity contribution in [1.82, 2.24) is 5.32 Å². The van der Waals surface area contributed by atoms with Gasteiger partial charge >= 0.3 is 5.97 Å². The first-order chi connectivity index (χ1) is 7.52. The molecule has 2 unspecified atom stereocenters. The highest BCUT2D eigenvalue weighted by Crippen LogP contribution is 2.30. The summed E-state index contributed by atoms with van der Waals surface area (Å²) in [6.45, 7) is -0.234. The molecule has 4 N–H and O–H groups in total. The summed E-state index contributed by atoms with van der Waals surface area (Å²) in [5.74, 6) is -3.13. The van der Waals surface area contributed by atoms with E-state index in [2.05, 4.69) is 5.32 Å². The third-order valence-corrected chi connectivity index (χ3v) is 2.86. The SMILES string of the molecule is NC(=O)CNC(=O)C1CCCCC1C(=O)O. The lowest BCUT2D eigenvalue weighted by Crippen LogP contribution is -2.42. The first-order valence-corrected chi connectivity index (χ1v) is 5.31. The smallest absolute Gasteiger partial charge is 0.307 e. The van der Waals surface area contributed by atoms with Gasteiger partial charge in [0.2, 0.25) is 11.8 Å². The molecule has 6 nitrogen and oxygen atoms in total. The van der Waals surface area contributed by atoms with Crippen LogP contribution in [0.1, 0.15) is 25.7 Å². The molecule has 0 aromatic carbocycles. The Bertz CT molecular complexity index is 303. The van der Waals surface area contributed by atoms with Gasteiger partial charge in [0.25, 0.3) is 0 Å². The average molecular weight is 228 g/mol. The van der Waals surface area contributed by atoms with E-state index in [1.54, 1.807) is 0 Å². The fourth-order valence-electron chi connectivity index (χ4n) is 2.05. The topological polar surface area (TPSA) is 109 Å². The average Bonchev–Trinajstić information content (AvgIpc) is 2.25. The van der Waals surface area contributed by atoms with Crippen molar-refractivity contribution in [2.45, 2.75) is 25.7 Å². The van der Waals surface area contributed by atoms with Gasteiger partial charge in [0, 0.05) is 0 Å². The van der Waals surface area contributed by atoms with Crippen molar-refractivity contribution < 1.29 is 19.5 Å². The Morgan fingerprint density at radius 2 is 1.75 bits per heavy atom. The number of carbonyl (C=O) groups is 3. The molecule has 1 aliphatic carbocycles. The highest BCUT2D eigenvalue weighted by atomic mass is 16.4. The van der Waals surface area contributed by atoms with E-state index in [0.717, 1.165) is 12.8 Å². The number of primary amides is 1. The van der Waals surface area contributed by atoms with Crippen molar-refractivity contribution in [3.05, 3.63) is 0 Å². The number of aliphatic carboxylic acids is 1. The number of carboxylic acids is 1. The maximum absolute atomic E-state index is 11.6. The number of nitrogens with one attached hydrogen (secondary N) is 1. The highest BCUT2D eigenvalue weighted by molar-refractivity contribution is 5.88. The Labute approximate surface area is 93.2 Å². The van der Waals surface area contributed by atoms with E-state index in [1.807, 2.05) is 0 Å². The van der Waals surface area contributed by atoms with E-state index in [9.17, 15) is 14.4 Å². The number of carboxylic acid groups (broad SMARTS) is 1. The Morgan fingerprint density at radius 1 is 1.19 bits per heavy atom. The molecule has 2 atom stereocenters. The minimum atomic E-state index is -0.945. The van der Waals surface area contributed by atoms with E-state index in [1.165, 1.54) is 0 Å². The quantitative estimate of drug-likeness (QED) is 0.601. The van der Waals surface area contributed by atoms with Crippen molar-refractivity contribution in [2.24, 2.45) is 17.6 Å². The van der Waals surface area contributed by atoms with Gasteiger partial charge in [-0.2, -0.15) is 0 Å². The maximum Gasteiger partial charge on any atom is 0.307 e. The zero-order chi connectivity index (χ0) is 12.1. The van der Waals surface area contributed by atoms with E-state index >= 15 is 0 Å². The van der Waals surface area contributed by atoms with Crippen LogP contribution in [0.15, 0.2) is 0 Å². The molecule has 1 rings (SSSR count). The summed E-state index contributed by atoms with van der Waals surface area (Å²) >= 11 is 0. The zero-order valence-electron chi connectivity index (χ0n) is 8.94. The van der Waals surface area contributed by atoms with Gasteiger partial charge in [0.15, 0.2) is 0 Å². The molecule has 0 aromatic heterocycles. The third kappa shape index (κ3) is 3.22. The maximum atomic E-state index is 11.6. The van der Waals surface area contributed by atoms with Gasteiger partial charge in [0.05, 0.1) is 18.4 Å². The Balaban J connectivity index is 2.57. The number of hydrogen-bond donors (Lipinski definition) is 3. The molecule has 16 heavy (non-hydrogen) atoms. The number of nitrogens with two attached hydrogens (primary N) is 1. The molecule has 6 heteroatoms. The normalized spacial score (nSPS) is 24.8. The molecule has 1 fully saturated rings. The molecule has 1 saturated carbocycles. The first-order valence-electron chi connectivity index (χ1n) is 5.31. The lowest BCUT2D eigenvalue weighted by molar-refractivity contribution is -0.148. The van der Waals surface area contributed by atoms with Gasteiger partial charge in [-0.05, 0) is 12.8 Å². The van der Waals surface area contributed by atoms with E-state index in [0.29, 0.717) is 12.8 Å². The molecular weight excluding hydrogens is 212 g/mol. The molecule has 0 aliphatic heterocycles. The van der Waals surface area contributed by atoms with Gasteiger partial charge in [-0.15, -0.1) is 0 Å². The second kappa shape index (κ2) is 5.48. The van der Waals surface area contributed by atoms with Gasteiger partial charge in [-0.3, -0.25) is 14.4 Å². The summed E-state index contributed by atoms with van der Waals surface area (Å²) in [4.78, 5) is 33.1. The van der Waals surface area contributed by atoms with Crippen molar-refractivity contribution in [1.29, 1.82) is 0 Å². The summed E-state index contributed by atoms with van der Waals surface area (Å²) in [5.41, 5.74) is 4.89. The second-order valence-corrected chi connectivity index (χ2v) is 4.02.